The van der Waals surface area contributed by atoms with Crippen LogP contribution in [-0.2, 0) is 6.54 Å². The Kier molecular flexibility index (Phi) is 2.97. The molecule has 0 bridgehead atoms. The SMILES string of the molecule is CCCNCc1c[nH]c2c1N=CCC2=O. The lowest BCUT2D eigenvalue weighted by molar-refractivity contribution is 0.0997. The van der Waals surface area contributed by atoms with Gasteiger partial charge in [-0.05, 0) is 13.0 Å². The number of rotatable bonds is 4. The standard InChI is InChI=1S/C11H15N3O/c1-2-4-12-6-8-7-14-11-9(15)3-5-13-10(8)11/h5,7,12,14H,2-4,6H2,1H3. The van der Waals surface area contributed by atoms with E-state index in [4.69, 9.17) is 0 Å². The first kappa shape index (κ1) is 10.1. The number of hydrogen-bond donors (Lipinski definition) is 2. The first-order valence-corrected chi connectivity index (χ1v) is 5.29. The molecular weight excluding hydrogens is 190 g/mol. The second-order valence-corrected chi connectivity index (χ2v) is 3.65. The highest BCUT2D eigenvalue weighted by atomic mass is 16.1. The second kappa shape index (κ2) is 4.40. The Hall–Kier alpha value is -1.42. The summed E-state index contributed by atoms with van der Waals surface area (Å²) in [6.07, 6.45) is 5.07. The number of nitrogens with one attached hydrogen (secondary N) is 2. The maximum absolute atomic E-state index is 11.5. The van der Waals surface area contributed by atoms with E-state index in [0.29, 0.717) is 12.1 Å². The molecule has 1 aliphatic rings. The van der Waals surface area contributed by atoms with Crippen molar-refractivity contribution in [1.29, 1.82) is 0 Å². The summed E-state index contributed by atoms with van der Waals surface area (Å²) in [4.78, 5) is 18.8. The zero-order chi connectivity index (χ0) is 10.7. The highest BCUT2D eigenvalue weighted by molar-refractivity contribution is 6.09. The van der Waals surface area contributed by atoms with Crippen LogP contribution in [0.1, 0.15) is 35.8 Å². The van der Waals surface area contributed by atoms with Crippen molar-refractivity contribution in [3.05, 3.63) is 17.5 Å². The summed E-state index contributed by atoms with van der Waals surface area (Å²) in [5, 5.41) is 3.30. The summed E-state index contributed by atoms with van der Waals surface area (Å²) in [5.41, 5.74) is 2.54. The molecule has 0 atom stereocenters. The van der Waals surface area contributed by atoms with Gasteiger partial charge in [0.05, 0.1) is 5.69 Å². The quantitative estimate of drug-likeness (QED) is 0.736. The van der Waals surface area contributed by atoms with Gasteiger partial charge in [-0.25, -0.2) is 0 Å². The van der Waals surface area contributed by atoms with Gasteiger partial charge in [-0.1, -0.05) is 6.92 Å². The van der Waals surface area contributed by atoms with Crippen LogP contribution < -0.4 is 5.32 Å². The van der Waals surface area contributed by atoms with Gasteiger partial charge in [0.1, 0.15) is 5.69 Å². The van der Waals surface area contributed by atoms with E-state index in [1.165, 1.54) is 0 Å². The molecule has 1 aromatic rings. The number of nitrogens with zero attached hydrogens (tertiary/aromatic N) is 1. The van der Waals surface area contributed by atoms with Crippen molar-refractivity contribution in [3.63, 3.8) is 0 Å². The number of aromatic nitrogens is 1. The van der Waals surface area contributed by atoms with E-state index in [1.54, 1.807) is 6.21 Å². The van der Waals surface area contributed by atoms with Gasteiger partial charge in [-0.2, -0.15) is 0 Å². The van der Waals surface area contributed by atoms with Crippen LogP contribution in [0.4, 0.5) is 5.69 Å². The number of ketones is 1. The molecule has 0 spiro atoms. The molecule has 0 saturated carbocycles. The van der Waals surface area contributed by atoms with Gasteiger partial charge < -0.3 is 10.3 Å². The molecule has 0 saturated heterocycles. The Morgan fingerprint density at radius 3 is 3.27 bits per heavy atom. The van der Waals surface area contributed by atoms with Crippen LogP contribution in [-0.4, -0.2) is 23.5 Å². The lowest BCUT2D eigenvalue weighted by atomic mass is 10.1. The fraction of sp³-hybridized carbons (Fsp3) is 0.455. The third kappa shape index (κ3) is 1.99. The Morgan fingerprint density at radius 1 is 1.60 bits per heavy atom. The molecule has 1 aliphatic heterocycles. The fourth-order valence-corrected chi connectivity index (χ4v) is 1.67. The van der Waals surface area contributed by atoms with Gasteiger partial charge in [0.25, 0.3) is 0 Å². The molecule has 0 unspecified atom stereocenters. The summed E-state index contributed by atoms with van der Waals surface area (Å²) in [6.45, 7) is 3.88. The van der Waals surface area contributed by atoms with Crippen LogP contribution in [0, 0.1) is 0 Å². The Bertz CT molecular complexity index is 393. The smallest absolute Gasteiger partial charge is 0.186 e. The zero-order valence-electron chi connectivity index (χ0n) is 8.84. The molecule has 0 radical (unpaired) electrons. The first-order valence-electron chi connectivity index (χ1n) is 5.29. The van der Waals surface area contributed by atoms with Crippen LogP contribution >= 0.6 is 0 Å². The maximum atomic E-state index is 11.5. The van der Waals surface area contributed by atoms with E-state index < -0.39 is 0 Å². The second-order valence-electron chi connectivity index (χ2n) is 3.65. The van der Waals surface area contributed by atoms with Crippen molar-refractivity contribution in [1.82, 2.24) is 10.3 Å². The number of aliphatic imine (C=N–C) groups is 1. The maximum Gasteiger partial charge on any atom is 0.186 e. The third-order valence-electron chi connectivity index (χ3n) is 2.45. The Labute approximate surface area is 88.8 Å². The van der Waals surface area contributed by atoms with E-state index in [2.05, 4.69) is 22.2 Å². The average molecular weight is 205 g/mol. The van der Waals surface area contributed by atoms with Crippen molar-refractivity contribution < 1.29 is 4.79 Å². The number of fused-ring (bicyclic) bond motifs is 1. The summed E-state index contributed by atoms with van der Waals surface area (Å²) < 4.78 is 0. The van der Waals surface area contributed by atoms with E-state index in [9.17, 15) is 4.79 Å². The predicted molar refractivity (Wildman–Crippen MR) is 59.9 cm³/mol. The van der Waals surface area contributed by atoms with Crippen molar-refractivity contribution in [2.45, 2.75) is 26.3 Å². The predicted octanol–water partition coefficient (Wildman–Crippen LogP) is 1.80. The molecule has 2 rings (SSSR count). The number of hydrogen-bond acceptors (Lipinski definition) is 3. The molecule has 1 aromatic heterocycles. The molecule has 4 heteroatoms. The lowest BCUT2D eigenvalue weighted by Crippen LogP contribution is -2.13. The van der Waals surface area contributed by atoms with E-state index in [0.717, 1.165) is 30.8 Å². The first-order chi connectivity index (χ1) is 7.33. The van der Waals surface area contributed by atoms with Gasteiger partial charge in [0.15, 0.2) is 5.78 Å². The van der Waals surface area contributed by atoms with E-state index in [-0.39, 0.29) is 5.78 Å². The Morgan fingerprint density at radius 2 is 2.47 bits per heavy atom. The van der Waals surface area contributed by atoms with Gasteiger partial charge >= 0.3 is 0 Å². The van der Waals surface area contributed by atoms with Crippen LogP contribution in [0.15, 0.2) is 11.2 Å². The van der Waals surface area contributed by atoms with Crippen LogP contribution in [0.3, 0.4) is 0 Å². The van der Waals surface area contributed by atoms with Crippen LogP contribution in [0.5, 0.6) is 0 Å². The molecule has 0 fully saturated rings. The molecule has 0 aliphatic carbocycles. The van der Waals surface area contributed by atoms with Crippen molar-refractivity contribution in [3.8, 4) is 0 Å². The minimum atomic E-state index is 0.127. The van der Waals surface area contributed by atoms with Gasteiger partial charge in [-0.15, -0.1) is 0 Å². The third-order valence-corrected chi connectivity index (χ3v) is 2.45. The number of aromatic amines is 1. The Balaban J connectivity index is 2.14. The highest BCUT2D eigenvalue weighted by Crippen LogP contribution is 2.27. The van der Waals surface area contributed by atoms with Crippen LogP contribution in [0.25, 0.3) is 0 Å². The highest BCUT2D eigenvalue weighted by Gasteiger charge is 2.18. The normalized spacial score (nSPS) is 14.3. The van der Waals surface area contributed by atoms with Gasteiger partial charge in [-0.3, -0.25) is 9.79 Å². The number of carbonyl (C=O) groups is 1. The molecule has 80 valence electrons. The zero-order valence-corrected chi connectivity index (χ0v) is 8.84. The summed E-state index contributed by atoms with van der Waals surface area (Å²) in [6, 6.07) is 0. The lowest BCUT2D eigenvalue weighted by Gasteiger charge is -2.06. The molecule has 0 aromatic carbocycles. The minimum absolute atomic E-state index is 0.127. The van der Waals surface area contributed by atoms with Gasteiger partial charge in [0, 0.05) is 30.9 Å². The summed E-state index contributed by atoms with van der Waals surface area (Å²) >= 11 is 0. The summed E-state index contributed by atoms with van der Waals surface area (Å²) in [5.74, 6) is 0.127. The van der Waals surface area contributed by atoms with E-state index in [1.807, 2.05) is 6.20 Å². The molecule has 4 nitrogen and oxygen atoms in total. The van der Waals surface area contributed by atoms with Gasteiger partial charge in [0.2, 0.25) is 0 Å². The monoisotopic (exact) mass is 205 g/mol. The minimum Gasteiger partial charge on any atom is -0.357 e. The van der Waals surface area contributed by atoms with Crippen molar-refractivity contribution in [2.24, 2.45) is 4.99 Å². The summed E-state index contributed by atoms with van der Waals surface area (Å²) in [7, 11) is 0. The van der Waals surface area contributed by atoms with E-state index >= 15 is 0 Å². The van der Waals surface area contributed by atoms with Crippen molar-refractivity contribution in [2.75, 3.05) is 6.54 Å². The van der Waals surface area contributed by atoms with Crippen molar-refractivity contribution >= 4 is 17.7 Å². The molecule has 15 heavy (non-hydrogen) atoms. The topological polar surface area (TPSA) is 57.2 Å². The number of carbonyl (C=O) groups excluding carboxylic acids is 1. The molecule has 0 amide bonds. The number of H-pyrrole nitrogens is 1. The molecule has 2 N–H and O–H groups in total. The largest absolute Gasteiger partial charge is 0.357 e. The fourth-order valence-electron chi connectivity index (χ4n) is 1.67. The number of Topliss-reactive ketones (excluding diaryl/α,β-unsaturated/α-hetero) is 1. The average Bonchev–Trinajstić information content (AvgIpc) is 2.64. The molecular formula is C11H15N3O. The van der Waals surface area contributed by atoms with Crippen LogP contribution in [0.2, 0.25) is 0 Å². The molecule has 2 heterocycles.